The summed E-state index contributed by atoms with van der Waals surface area (Å²) in [4.78, 5) is 6.79. The third-order valence-electron chi connectivity index (χ3n) is 4.14. The minimum Gasteiger partial charge on any atom is -0.366 e. The summed E-state index contributed by atoms with van der Waals surface area (Å²) in [5, 5.41) is 11.8. The van der Waals surface area contributed by atoms with E-state index in [0.29, 0.717) is 12.0 Å². The first kappa shape index (κ1) is 14.8. The van der Waals surface area contributed by atoms with Crippen molar-refractivity contribution in [2.45, 2.75) is 45.2 Å². The van der Waals surface area contributed by atoms with Crippen LogP contribution in [-0.2, 0) is 6.54 Å². The van der Waals surface area contributed by atoms with Gasteiger partial charge in [0.1, 0.15) is 0 Å². The van der Waals surface area contributed by atoms with Crippen LogP contribution in [0.1, 0.15) is 38.2 Å². The summed E-state index contributed by atoms with van der Waals surface area (Å²) in [6.07, 6.45) is 6.77. The van der Waals surface area contributed by atoms with Gasteiger partial charge in [-0.25, -0.2) is 0 Å². The maximum atomic E-state index is 4.64. The van der Waals surface area contributed by atoms with Crippen LogP contribution >= 0.6 is 0 Å². The summed E-state index contributed by atoms with van der Waals surface area (Å²) in [7, 11) is 0. The van der Waals surface area contributed by atoms with Gasteiger partial charge in [-0.05, 0) is 25.3 Å². The van der Waals surface area contributed by atoms with Gasteiger partial charge < -0.3 is 10.2 Å². The van der Waals surface area contributed by atoms with Crippen molar-refractivity contribution in [2.24, 2.45) is 0 Å². The van der Waals surface area contributed by atoms with Crippen molar-refractivity contribution >= 4 is 11.8 Å². The van der Waals surface area contributed by atoms with Gasteiger partial charge in [-0.1, -0.05) is 43.2 Å². The number of rotatable bonds is 6. The molecule has 3 rings (SSSR count). The molecule has 0 unspecified atom stereocenters. The fraction of sp³-hybridized carbons (Fsp3) is 0.471. The Labute approximate surface area is 131 Å². The predicted molar refractivity (Wildman–Crippen MR) is 88.9 cm³/mol. The molecule has 1 saturated carbocycles. The molecule has 0 amide bonds. The minimum atomic E-state index is 0.536. The van der Waals surface area contributed by atoms with Crippen LogP contribution in [0.3, 0.4) is 0 Å². The van der Waals surface area contributed by atoms with Gasteiger partial charge in [0.2, 0.25) is 5.95 Å². The zero-order valence-corrected chi connectivity index (χ0v) is 13.1. The third-order valence-corrected chi connectivity index (χ3v) is 4.14. The van der Waals surface area contributed by atoms with Crippen LogP contribution in [0, 0.1) is 0 Å². The van der Waals surface area contributed by atoms with Gasteiger partial charge in [0.25, 0.3) is 0 Å². The van der Waals surface area contributed by atoms with Crippen molar-refractivity contribution < 1.29 is 0 Å². The Kier molecular flexibility index (Phi) is 4.83. The van der Waals surface area contributed by atoms with Crippen molar-refractivity contribution in [3.05, 3.63) is 42.1 Å². The molecule has 2 aromatic rings. The Balaban J connectivity index is 1.71. The van der Waals surface area contributed by atoms with Crippen molar-refractivity contribution in [2.75, 3.05) is 16.8 Å². The monoisotopic (exact) mass is 297 g/mol. The Morgan fingerprint density at radius 2 is 1.95 bits per heavy atom. The van der Waals surface area contributed by atoms with Gasteiger partial charge in [0.15, 0.2) is 5.82 Å². The second kappa shape index (κ2) is 7.20. The van der Waals surface area contributed by atoms with Gasteiger partial charge in [0, 0.05) is 19.1 Å². The van der Waals surface area contributed by atoms with E-state index in [0.717, 1.165) is 18.9 Å². The fourth-order valence-electron chi connectivity index (χ4n) is 2.90. The second-order valence-electron chi connectivity index (χ2n) is 5.77. The van der Waals surface area contributed by atoms with E-state index in [4.69, 9.17) is 0 Å². The lowest BCUT2D eigenvalue weighted by Crippen LogP contribution is -2.25. The highest BCUT2D eigenvalue weighted by Crippen LogP contribution is 2.21. The highest BCUT2D eigenvalue weighted by atomic mass is 15.3. The number of nitrogens with zero attached hydrogens (tertiary/aromatic N) is 4. The van der Waals surface area contributed by atoms with E-state index >= 15 is 0 Å². The SMILES string of the molecule is CCN(Cc1ccccc1)c1nncc(NC2CCCC2)n1. The lowest BCUT2D eigenvalue weighted by Gasteiger charge is -2.21. The molecule has 5 nitrogen and oxygen atoms in total. The first-order valence-electron chi connectivity index (χ1n) is 8.10. The summed E-state index contributed by atoms with van der Waals surface area (Å²) < 4.78 is 0. The molecule has 1 aromatic heterocycles. The first-order valence-corrected chi connectivity index (χ1v) is 8.10. The highest BCUT2D eigenvalue weighted by molar-refractivity contribution is 5.40. The largest absolute Gasteiger partial charge is 0.366 e. The summed E-state index contributed by atoms with van der Waals surface area (Å²) in [6, 6.07) is 10.9. The van der Waals surface area contributed by atoms with Crippen molar-refractivity contribution in [1.82, 2.24) is 15.2 Å². The summed E-state index contributed by atoms with van der Waals surface area (Å²) >= 11 is 0. The van der Waals surface area contributed by atoms with Crippen LogP contribution in [0.15, 0.2) is 36.5 Å². The molecule has 1 aliphatic rings. The normalized spacial score (nSPS) is 15.0. The van der Waals surface area contributed by atoms with E-state index in [1.165, 1.54) is 31.2 Å². The lowest BCUT2D eigenvalue weighted by molar-refractivity contribution is 0.735. The second-order valence-corrected chi connectivity index (χ2v) is 5.77. The van der Waals surface area contributed by atoms with E-state index in [-0.39, 0.29) is 0 Å². The van der Waals surface area contributed by atoms with Crippen LogP contribution in [0.4, 0.5) is 11.8 Å². The molecule has 1 N–H and O–H groups in total. The van der Waals surface area contributed by atoms with Gasteiger partial charge in [-0.3, -0.25) is 0 Å². The quantitative estimate of drug-likeness (QED) is 0.887. The van der Waals surface area contributed by atoms with Gasteiger partial charge >= 0.3 is 0 Å². The van der Waals surface area contributed by atoms with Crippen LogP contribution < -0.4 is 10.2 Å². The Bertz CT molecular complexity index is 581. The number of aromatic nitrogens is 3. The van der Waals surface area contributed by atoms with Crippen LogP contribution in [0.25, 0.3) is 0 Å². The molecule has 1 heterocycles. The van der Waals surface area contributed by atoms with E-state index in [1.54, 1.807) is 6.20 Å². The smallest absolute Gasteiger partial charge is 0.247 e. The molecule has 1 aliphatic carbocycles. The summed E-state index contributed by atoms with van der Waals surface area (Å²) in [6.45, 7) is 3.76. The van der Waals surface area contributed by atoms with Crippen molar-refractivity contribution in [1.29, 1.82) is 0 Å². The first-order chi connectivity index (χ1) is 10.8. The molecule has 1 fully saturated rings. The summed E-state index contributed by atoms with van der Waals surface area (Å²) in [5.41, 5.74) is 1.25. The average molecular weight is 297 g/mol. The lowest BCUT2D eigenvalue weighted by atomic mass is 10.2. The molecule has 0 saturated heterocycles. The molecule has 5 heteroatoms. The Morgan fingerprint density at radius 3 is 2.68 bits per heavy atom. The molecule has 116 valence electrons. The molecular weight excluding hydrogens is 274 g/mol. The Hall–Kier alpha value is -2.17. The molecule has 1 aromatic carbocycles. The molecule has 0 atom stereocenters. The van der Waals surface area contributed by atoms with Crippen LogP contribution in [-0.4, -0.2) is 27.8 Å². The Morgan fingerprint density at radius 1 is 1.18 bits per heavy atom. The molecule has 0 spiro atoms. The minimum absolute atomic E-state index is 0.536. The number of hydrogen-bond acceptors (Lipinski definition) is 5. The number of anilines is 2. The van der Waals surface area contributed by atoms with Crippen LogP contribution in [0.2, 0.25) is 0 Å². The highest BCUT2D eigenvalue weighted by Gasteiger charge is 2.16. The number of hydrogen-bond donors (Lipinski definition) is 1. The number of nitrogens with one attached hydrogen (secondary N) is 1. The van der Waals surface area contributed by atoms with Crippen LogP contribution in [0.5, 0.6) is 0 Å². The summed E-state index contributed by atoms with van der Waals surface area (Å²) in [5.74, 6) is 1.53. The zero-order valence-electron chi connectivity index (χ0n) is 13.1. The third kappa shape index (κ3) is 3.72. The topological polar surface area (TPSA) is 53.9 Å². The van der Waals surface area contributed by atoms with Gasteiger partial charge in [-0.2, -0.15) is 10.1 Å². The van der Waals surface area contributed by atoms with Gasteiger partial charge in [0.05, 0.1) is 6.20 Å². The predicted octanol–water partition coefficient (Wildman–Crippen LogP) is 3.25. The molecule has 22 heavy (non-hydrogen) atoms. The van der Waals surface area contributed by atoms with E-state index < -0.39 is 0 Å². The molecule has 0 aliphatic heterocycles. The van der Waals surface area contributed by atoms with E-state index in [2.05, 4.69) is 56.6 Å². The maximum absolute atomic E-state index is 4.64. The number of benzene rings is 1. The zero-order chi connectivity index (χ0) is 15.2. The van der Waals surface area contributed by atoms with Crippen molar-refractivity contribution in [3.8, 4) is 0 Å². The van der Waals surface area contributed by atoms with Gasteiger partial charge in [-0.15, -0.1) is 5.10 Å². The maximum Gasteiger partial charge on any atom is 0.247 e. The average Bonchev–Trinajstić information content (AvgIpc) is 3.07. The molecular formula is C17H23N5. The fourth-order valence-corrected chi connectivity index (χ4v) is 2.90. The van der Waals surface area contributed by atoms with Crippen molar-refractivity contribution in [3.63, 3.8) is 0 Å². The molecule has 0 bridgehead atoms. The molecule has 0 radical (unpaired) electrons. The standard InChI is InChI=1S/C17H23N5/c1-2-22(13-14-8-4-3-5-9-14)17-20-16(12-18-21-17)19-15-10-6-7-11-15/h3-5,8-9,12,15H,2,6-7,10-11,13H2,1H3,(H,19,20,21). The van der Waals surface area contributed by atoms with E-state index in [1.807, 2.05) is 6.07 Å². The van der Waals surface area contributed by atoms with E-state index in [9.17, 15) is 0 Å².